The van der Waals surface area contributed by atoms with Crippen molar-refractivity contribution in [1.29, 1.82) is 0 Å². The number of fused-ring (bicyclic) bond motifs is 1. The molecule has 2 heterocycles. The molecule has 0 aliphatic heterocycles. The molecule has 2 aromatic heterocycles. The van der Waals surface area contributed by atoms with E-state index in [0.29, 0.717) is 0 Å². The van der Waals surface area contributed by atoms with E-state index < -0.39 is 0 Å². The van der Waals surface area contributed by atoms with Crippen molar-refractivity contribution in [2.75, 3.05) is 6.54 Å². The van der Waals surface area contributed by atoms with Crippen molar-refractivity contribution < 1.29 is 0 Å². The van der Waals surface area contributed by atoms with Crippen LogP contribution in [0.3, 0.4) is 0 Å². The fraction of sp³-hybridized carbons (Fsp3) is 0.308. The van der Waals surface area contributed by atoms with Crippen LogP contribution in [0.25, 0.3) is 11.7 Å². The lowest BCUT2D eigenvalue weighted by Crippen LogP contribution is -2.15. The maximum absolute atomic E-state index is 4.49. The number of rotatable bonds is 4. The number of hydrogen-bond acceptors (Lipinski definition) is 2. The van der Waals surface area contributed by atoms with E-state index in [9.17, 15) is 0 Å². The minimum absolute atomic E-state index is 0.769. The summed E-state index contributed by atoms with van der Waals surface area (Å²) in [5, 5.41) is 3.44. The summed E-state index contributed by atoms with van der Waals surface area (Å²) in [7, 11) is 0. The second-order valence-corrected chi connectivity index (χ2v) is 4.22. The summed E-state index contributed by atoms with van der Waals surface area (Å²) in [5.41, 5.74) is 2.01. The number of nitrogens with one attached hydrogen (secondary N) is 1. The van der Waals surface area contributed by atoms with Crippen molar-refractivity contribution in [3.63, 3.8) is 0 Å². The highest BCUT2D eigenvalue weighted by Crippen LogP contribution is 2.18. The number of nitrogens with zero attached hydrogens (tertiary/aromatic N) is 2. The zero-order valence-corrected chi connectivity index (χ0v) is 9.13. The smallest absolute Gasteiger partial charge is 0.137 e. The standard InChI is InChI=1S/C13H15N3/c1-2-9-16-10-12(15-13(16)5-1)4-3-8-14-11-6-7-11/h1-5,9-11,14H,6-8H2. The second kappa shape index (κ2) is 4.10. The molecule has 1 N–H and O–H groups in total. The van der Waals surface area contributed by atoms with Gasteiger partial charge in [0.15, 0.2) is 0 Å². The molecular formula is C13H15N3. The van der Waals surface area contributed by atoms with Gasteiger partial charge in [-0.2, -0.15) is 0 Å². The zero-order valence-electron chi connectivity index (χ0n) is 9.13. The van der Waals surface area contributed by atoms with Gasteiger partial charge >= 0.3 is 0 Å². The van der Waals surface area contributed by atoms with E-state index in [4.69, 9.17) is 0 Å². The fourth-order valence-electron chi connectivity index (χ4n) is 1.74. The third-order valence-corrected chi connectivity index (χ3v) is 2.77. The Labute approximate surface area is 94.8 Å². The Morgan fingerprint density at radius 3 is 3.19 bits per heavy atom. The molecule has 3 nitrogen and oxygen atoms in total. The van der Waals surface area contributed by atoms with E-state index in [1.165, 1.54) is 12.8 Å². The Bertz CT molecular complexity index is 476. The van der Waals surface area contributed by atoms with Crippen molar-refractivity contribution in [1.82, 2.24) is 14.7 Å². The third kappa shape index (κ3) is 2.14. The molecular weight excluding hydrogens is 198 g/mol. The summed E-state index contributed by atoms with van der Waals surface area (Å²) in [6.45, 7) is 0.943. The summed E-state index contributed by atoms with van der Waals surface area (Å²) in [6, 6.07) is 6.80. The van der Waals surface area contributed by atoms with Crippen molar-refractivity contribution in [3.8, 4) is 0 Å². The van der Waals surface area contributed by atoms with Gasteiger partial charge in [0, 0.05) is 25.0 Å². The molecule has 0 radical (unpaired) electrons. The molecule has 0 spiro atoms. The van der Waals surface area contributed by atoms with Crippen LogP contribution in [0.2, 0.25) is 0 Å². The maximum Gasteiger partial charge on any atom is 0.137 e. The molecule has 0 atom stereocenters. The van der Waals surface area contributed by atoms with Crippen LogP contribution in [0.15, 0.2) is 36.7 Å². The van der Waals surface area contributed by atoms with Crippen LogP contribution < -0.4 is 5.32 Å². The molecule has 0 bridgehead atoms. The molecule has 0 amide bonds. The average molecular weight is 213 g/mol. The predicted molar refractivity (Wildman–Crippen MR) is 65.3 cm³/mol. The lowest BCUT2D eigenvalue weighted by atomic mass is 10.4. The zero-order chi connectivity index (χ0) is 10.8. The molecule has 1 aliphatic rings. The lowest BCUT2D eigenvalue weighted by molar-refractivity contribution is 0.754. The fourth-order valence-corrected chi connectivity index (χ4v) is 1.74. The van der Waals surface area contributed by atoms with Gasteiger partial charge in [-0.1, -0.05) is 12.1 Å². The summed E-state index contributed by atoms with van der Waals surface area (Å²) >= 11 is 0. The predicted octanol–water partition coefficient (Wildman–Crippen LogP) is 2.10. The molecule has 1 saturated carbocycles. The highest BCUT2D eigenvalue weighted by molar-refractivity contribution is 5.51. The lowest BCUT2D eigenvalue weighted by Gasteiger charge is -1.93. The van der Waals surface area contributed by atoms with Crippen molar-refractivity contribution in [3.05, 3.63) is 42.4 Å². The normalized spacial score (nSPS) is 16.2. The monoisotopic (exact) mass is 213 g/mol. The van der Waals surface area contributed by atoms with E-state index in [1.807, 2.05) is 35.0 Å². The molecule has 0 saturated heterocycles. The first-order valence-electron chi connectivity index (χ1n) is 5.75. The number of hydrogen-bond donors (Lipinski definition) is 1. The van der Waals surface area contributed by atoms with Crippen LogP contribution >= 0.6 is 0 Å². The second-order valence-electron chi connectivity index (χ2n) is 4.22. The molecule has 0 unspecified atom stereocenters. The van der Waals surface area contributed by atoms with Crippen LogP contribution in [-0.2, 0) is 0 Å². The first kappa shape index (κ1) is 9.60. The summed E-state index contributed by atoms with van der Waals surface area (Å²) < 4.78 is 2.04. The number of pyridine rings is 1. The van der Waals surface area contributed by atoms with Gasteiger partial charge in [0.25, 0.3) is 0 Å². The molecule has 1 aliphatic carbocycles. The van der Waals surface area contributed by atoms with Crippen molar-refractivity contribution in [2.45, 2.75) is 18.9 Å². The van der Waals surface area contributed by atoms with Gasteiger partial charge in [-0.3, -0.25) is 0 Å². The molecule has 1 fully saturated rings. The van der Waals surface area contributed by atoms with Gasteiger partial charge in [0.1, 0.15) is 5.65 Å². The van der Waals surface area contributed by atoms with Gasteiger partial charge in [-0.25, -0.2) is 4.98 Å². The SMILES string of the molecule is C(=Cc1cn2ccccc2n1)CNC1CC1. The van der Waals surface area contributed by atoms with Gasteiger partial charge in [0.2, 0.25) is 0 Å². The number of imidazole rings is 1. The van der Waals surface area contributed by atoms with Crippen molar-refractivity contribution in [2.24, 2.45) is 0 Å². The Morgan fingerprint density at radius 2 is 2.38 bits per heavy atom. The summed E-state index contributed by atoms with van der Waals surface area (Å²) in [5.74, 6) is 0. The average Bonchev–Trinajstić information content (AvgIpc) is 3.03. The minimum atomic E-state index is 0.769. The van der Waals surface area contributed by atoms with Gasteiger partial charge in [0.05, 0.1) is 5.69 Å². The van der Waals surface area contributed by atoms with Crippen LogP contribution in [-0.4, -0.2) is 22.0 Å². The van der Waals surface area contributed by atoms with Crippen molar-refractivity contribution >= 4 is 11.7 Å². The molecule has 16 heavy (non-hydrogen) atoms. The van der Waals surface area contributed by atoms with E-state index in [0.717, 1.165) is 23.9 Å². The number of aromatic nitrogens is 2. The minimum Gasteiger partial charge on any atom is -0.311 e. The summed E-state index contributed by atoms with van der Waals surface area (Å²) in [6.07, 6.45) is 10.9. The van der Waals surface area contributed by atoms with E-state index >= 15 is 0 Å². The molecule has 82 valence electrons. The van der Waals surface area contributed by atoms with E-state index in [-0.39, 0.29) is 0 Å². The molecule has 3 rings (SSSR count). The topological polar surface area (TPSA) is 29.3 Å². The molecule has 2 aromatic rings. The molecule has 3 heteroatoms. The van der Waals surface area contributed by atoms with Crippen LogP contribution in [0.1, 0.15) is 18.5 Å². The largest absolute Gasteiger partial charge is 0.311 e. The third-order valence-electron chi connectivity index (χ3n) is 2.77. The maximum atomic E-state index is 4.49. The van der Waals surface area contributed by atoms with Crippen LogP contribution in [0.5, 0.6) is 0 Å². The highest BCUT2D eigenvalue weighted by atomic mass is 15.0. The Hall–Kier alpha value is -1.61. The van der Waals surface area contributed by atoms with Crippen LogP contribution in [0, 0.1) is 0 Å². The highest BCUT2D eigenvalue weighted by Gasteiger charge is 2.18. The quantitative estimate of drug-likeness (QED) is 0.842. The van der Waals surface area contributed by atoms with Gasteiger partial charge < -0.3 is 9.72 Å². The first-order chi connectivity index (χ1) is 7.92. The molecule has 0 aromatic carbocycles. The Balaban J connectivity index is 1.68. The first-order valence-corrected chi connectivity index (χ1v) is 5.75. The van der Waals surface area contributed by atoms with E-state index in [1.54, 1.807) is 0 Å². The van der Waals surface area contributed by atoms with E-state index in [2.05, 4.69) is 22.5 Å². The summed E-state index contributed by atoms with van der Waals surface area (Å²) in [4.78, 5) is 4.49. The van der Waals surface area contributed by atoms with Crippen LogP contribution in [0.4, 0.5) is 0 Å². The Kier molecular flexibility index (Phi) is 2.46. The van der Waals surface area contributed by atoms with Gasteiger partial charge in [-0.05, 0) is 31.1 Å². The van der Waals surface area contributed by atoms with Gasteiger partial charge in [-0.15, -0.1) is 0 Å². The Morgan fingerprint density at radius 1 is 1.44 bits per heavy atom.